The number of rotatable bonds is 10. The first-order chi connectivity index (χ1) is 19.1. The minimum atomic E-state index is -4.12. The maximum atomic E-state index is 14.0. The lowest BCUT2D eigenvalue weighted by molar-refractivity contribution is -0.139. The summed E-state index contributed by atoms with van der Waals surface area (Å²) < 4.78 is 28.8. The summed E-state index contributed by atoms with van der Waals surface area (Å²) in [5, 5.41) is 3.53. The van der Waals surface area contributed by atoms with Crippen LogP contribution in [-0.2, 0) is 26.2 Å². The first kappa shape index (κ1) is 29.6. The van der Waals surface area contributed by atoms with Gasteiger partial charge in [0.2, 0.25) is 11.8 Å². The lowest BCUT2D eigenvalue weighted by Crippen LogP contribution is -2.52. The fourth-order valence-electron chi connectivity index (χ4n) is 4.92. The number of anilines is 1. The molecule has 0 unspecified atom stereocenters. The number of nitrogens with zero attached hydrogens (tertiary/aromatic N) is 2. The number of sulfonamides is 1. The van der Waals surface area contributed by atoms with Crippen LogP contribution in [0.2, 0.25) is 5.02 Å². The molecule has 1 saturated carbocycles. The van der Waals surface area contributed by atoms with Crippen molar-refractivity contribution in [3.63, 3.8) is 0 Å². The maximum Gasteiger partial charge on any atom is 0.264 e. The van der Waals surface area contributed by atoms with E-state index in [2.05, 4.69) is 5.32 Å². The van der Waals surface area contributed by atoms with Gasteiger partial charge in [0.25, 0.3) is 10.0 Å². The van der Waals surface area contributed by atoms with E-state index in [1.54, 1.807) is 43.3 Å². The molecule has 0 aromatic heterocycles. The molecule has 0 heterocycles. The van der Waals surface area contributed by atoms with Crippen molar-refractivity contribution in [2.45, 2.75) is 70.0 Å². The summed E-state index contributed by atoms with van der Waals surface area (Å²) in [5.74, 6) is -0.726. The SMILES string of the molecule is Cc1ccc(S(=O)(=O)N(CC(=O)N(Cc2ccccc2C)[C@@H](C)C(=O)NC2CCCC2)c2ccc(Cl)cc2)cc1. The number of carbonyl (C=O) groups excluding carboxylic acids is 2. The Morgan fingerprint density at radius 2 is 1.57 bits per heavy atom. The van der Waals surface area contributed by atoms with E-state index >= 15 is 0 Å². The van der Waals surface area contributed by atoms with Gasteiger partial charge in [-0.1, -0.05) is 66.4 Å². The second-order valence-electron chi connectivity index (χ2n) is 10.4. The van der Waals surface area contributed by atoms with Crippen molar-refractivity contribution in [2.75, 3.05) is 10.8 Å². The van der Waals surface area contributed by atoms with Gasteiger partial charge in [-0.05, 0) is 81.1 Å². The van der Waals surface area contributed by atoms with Gasteiger partial charge in [0.05, 0.1) is 10.6 Å². The summed E-state index contributed by atoms with van der Waals surface area (Å²) in [6.07, 6.45) is 3.98. The number of amides is 2. The van der Waals surface area contributed by atoms with Crippen LogP contribution in [0.15, 0.2) is 77.7 Å². The number of aryl methyl sites for hydroxylation is 2. The van der Waals surface area contributed by atoms with Crippen molar-refractivity contribution >= 4 is 39.1 Å². The molecule has 212 valence electrons. The molecule has 0 spiro atoms. The van der Waals surface area contributed by atoms with Crippen molar-refractivity contribution in [1.82, 2.24) is 10.2 Å². The first-order valence-electron chi connectivity index (χ1n) is 13.6. The van der Waals surface area contributed by atoms with Gasteiger partial charge in [0.1, 0.15) is 12.6 Å². The number of hydrogen-bond acceptors (Lipinski definition) is 4. The highest BCUT2D eigenvalue weighted by Crippen LogP contribution is 2.26. The van der Waals surface area contributed by atoms with Crippen LogP contribution in [-0.4, -0.2) is 43.8 Å². The highest BCUT2D eigenvalue weighted by atomic mass is 35.5. The van der Waals surface area contributed by atoms with Crippen molar-refractivity contribution in [1.29, 1.82) is 0 Å². The number of nitrogens with one attached hydrogen (secondary N) is 1. The molecule has 1 fully saturated rings. The molecule has 1 N–H and O–H groups in total. The Bertz CT molecular complexity index is 1440. The van der Waals surface area contributed by atoms with Crippen LogP contribution < -0.4 is 9.62 Å². The van der Waals surface area contributed by atoms with E-state index in [1.807, 2.05) is 38.1 Å². The van der Waals surface area contributed by atoms with Gasteiger partial charge in [-0.15, -0.1) is 0 Å². The predicted molar refractivity (Wildman–Crippen MR) is 159 cm³/mol. The topological polar surface area (TPSA) is 86.8 Å². The second-order valence-corrected chi connectivity index (χ2v) is 12.7. The smallest absolute Gasteiger partial charge is 0.264 e. The standard InChI is InChI=1S/C31H36ClN3O4S/c1-22-12-18-29(19-13-22)40(38,39)35(28-16-14-26(32)15-17-28)21-30(36)34(20-25-9-5-4-8-23(25)2)24(3)31(37)33-27-10-6-7-11-27/h4-5,8-9,12-19,24,27H,6-7,10-11,20-21H2,1-3H3,(H,33,37)/t24-/m0/s1. The number of hydrogen-bond donors (Lipinski definition) is 1. The van der Waals surface area contributed by atoms with Crippen molar-refractivity contribution < 1.29 is 18.0 Å². The summed E-state index contributed by atoms with van der Waals surface area (Å²) in [5.41, 5.74) is 3.08. The Morgan fingerprint density at radius 3 is 2.20 bits per heavy atom. The monoisotopic (exact) mass is 581 g/mol. The van der Waals surface area contributed by atoms with Crippen LogP contribution in [0.3, 0.4) is 0 Å². The van der Waals surface area contributed by atoms with Crippen LogP contribution in [0.5, 0.6) is 0 Å². The number of carbonyl (C=O) groups is 2. The van der Waals surface area contributed by atoms with E-state index in [-0.39, 0.29) is 23.4 Å². The third-order valence-corrected chi connectivity index (χ3v) is 9.51. The first-order valence-corrected chi connectivity index (χ1v) is 15.4. The molecule has 0 radical (unpaired) electrons. The summed E-state index contributed by atoms with van der Waals surface area (Å²) >= 11 is 6.08. The highest BCUT2D eigenvalue weighted by Gasteiger charge is 2.33. The zero-order valence-electron chi connectivity index (χ0n) is 23.1. The third-order valence-electron chi connectivity index (χ3n) is 7.47. The Labute approximate surface area is 242 Å². The van der Waals surface area contributed by atoms with Crippen molar-refractivity contribution in [3.8, 4) is 0 Å². The van der Waals surface area contributed by atoms with E-state index in [9.17, 15) is 18.0 Å². The molecule has 40 heavy (non-hydrogen) atoms. The van der Waals surface area contributed by atoms with Crippen LogP contribution in [0.1, 0.15) is 49.3 Å². The highest BCUT2D eigenvalue weighted by molar-refractivity contribution is 7.92. The molecule has 1 atom stereocenters. The van der Waals surface area contributed by atoms with Gasteiger partial charge < -0.3 is 10.2 Å². The molecule has 4 rings (SSSR count). The molecule has 0 bridgehead atoms. The van der Waals surface area contributed by atoms with Gasteiger partial charge in [-0.3, -0.25) is 13.9 Å². The van der Waals surface area contributed by atoms with E-state index in [4.69, 9.17) is 11.6 Å². The Hall–Kier alpha value is -3.36. The largest absolute Gasteiger partial charge is 0.352 e. The second kappa shape index (κ2) is 12.9. The Kier molecular flexibility index (Phi) is 9.53. The van der Waals surface area contributed by atoms with E-state index in [0.717, 1.165) is 46.7 Å². The van der Waals surface area contributed by atoms with Gasteiger partial charge in [0, 0.05) is 17.6 Å². The van der Waals surface area contributed by atoms with Crippen LogP contribution >= 0.6 is 11.6 Å². The molecule has 9 heteroatoms. The molecule has 1 aliphatic rings. The zero-order valence-corrected chi connectivity index (χ0v) is 24.7. The molecular weight excluding hydrogens is 546 g/mol. The third kappa shape index (κ3) is 7.04. The van der Waals surface area contributed by atoms with Crippen LogP contribution in [0.4, 0.5) is 5.69 Å². The van der Waals surface area contributed by atoms with Gasteiger partial charge >= 0.3 is 0 Å². The molecule has 1 aliphatic carbocycles. The molecular formula is C31H36ClN3O4S. The quantitative estimate of drug-likeness (QED) is 0.336. The average Bonchev–Trinajstić information content (AvgIpc) is 3.44. The maximum absolute atomic E-state index is 14.0. The number of benzene rings is 3. The van der Waals surface area contributed by atoms with Crippen molar-refractivity contribution in [3.05, 3.63) is 94.5 Å². The van der Waals surface area contributed by atoms with Gasteiger partial charge in [-0.25, -0.2) is 8.42 Å². The summed E-state index contributed by atoms with van der Waals surface area (Å²) in [4.78, 5) is 28.9. The minimum absolute atomic E-state index is 0.0679. The fourth-order valence-corrected chi connectivity index (χ4v) is 6.46. The molecule has 0 saturated heterocycles. The molecule has 0 aliphatic heterocycles. The minimum Gasteiger partial charge on any atom is -0.352 e. The lowest BCUT2D eigenvalue weighted by Gasteiger charge is -2.33. The number of halogens is 1. The van der Waals surface area contributed by atoms with Gasteiger partial charge in [-0.2, -0.15) is 0 Å². The zero-order chi connectivity index (χ0) is 28.9. The summed E-state index contributed by atoms with van der Waals surface area (Å²) in [7, 11) is -4.12. The average molecular weight is 582 g/mol. The van der Waals surface area contributed by atoms with Crippen molar-refractivity contribution in [2.24, 2.45) is 0 Å². The predicted octanol–water partition coefficient (Wildman–Crippen LogP) is 5.63. The molecule has 7 nitrogen and oxygen atoms in total. The molecule has 3 aromatic rings. The fraction of sp³-hybridized carbons (Fsp3) is 0.355. The van der Waals surface area contributed by atoms with Gasteiger partial charge in [0.15, 0.2) is 0 Å². The van der Waals surface area contributed by atoms with E-state index in [1.165, 1.54) is 17.0 Å². The summed E-state index contributed by atoms with van der Waals surface area (Å²) in [6.45, 7) is 5.21. The lowest BCUT2D eigenvalue weighted by atomic mass is 10.1. The summed E-state index contributed by atoms with van der Waals surface area (Å²) in [6, 6.07) is 19.8. The van der Waals surface area contributed by atoms with E-state index < -0.39 is 28.5 Å². The van der Waals surface area contributed by atoms with E-state index in [0.29, 0.717) is 10.7 Å². The normalized spacial score (nSPS) is 14.5. The molecule has 3 aromatic carbocycles. The Morgan fingerprint density at radius 1 is 0.950 bits per heavy atom. The van der Waals surface area contributed by atoms with Crippen LogP contribution in [0, 0.1) is 13.8 Å². The Balaban J connectivity index is 1.69. The van der Waals surface area contributed by atoms with Crippen LogP contribution in [0.25, 0.3) is 0 Å². The molecule has 2 amide bonds.